The molecule has 0 amide bonds. The van der Waals surface area contributed by atoms with Gasteiger partial charge in [0.2, 0.25) is 0 Å². The Kier molecular flexibility index (Phi) is 5.42. The minimum absolute atomic E-state index is 0.489. The van der Waals surface area contributed by atoms with Crippen LogP contribution in [0.25, 0.3) is 0 Å². The molecule has 0 aromatic carbocycles. The van der Waals surface area contributed by atoms with Crippen LogP contribution >= 0.6 is 0 Å². The van der Waals surface area contributed by atoms with E-state index in [2.05, 4.69) is 17.2 Å². The summed E-state index contributed by atoms with van der Waals surface area (Å²) in [5.74, 6) is 0. The Labute approximate surface area is 91.1 Å². The van der Waals surface area contributed by atoms with E-state index < -0.39 is 0 Å². The zero-order chi connectivity index (χ0) is 10.9. The lowest BCUT2D eigenvalue weighted by Gasteiger charge is -2.04. The Morgan fingerprint density at radius 1 is 1.47 bits per heavy atom. The van der Waals surface area contributed by atoms with Crippen molar-refractivity contribution in [2.45, 2.75) is 32.7 Å². The van der Waals surface area contributed by atoms with Crippen LogP contribution in [0.1, 0.15) is 37.4 Å². The maximum atomic E-state index is 8.67. The normalized spacial score (nSPS) is 9.87. The lowest BCUT2D eigenvalue weighted by atomic mass is 10.2. The number of unbranched alkanes of at least 4 members (excludes halogenated alkanes) is 2. The molecule has 3 nitrogen and oxygen atoms in total. The Balaban J connectivity index is 2.28. The molecule has 1 rings (SSSR count). The zero-order valence-corrected chi connectivity index (χ0v) is 9.16. The second-order valence-electron chi connectivity index (χ2n) is 3.55. The smallest absolute Gasteiger partial charge is 0.140 e. The second kappa shape index (κ2) is 6.97. The molecule has 0 fully saturated rings. The highest BCUT2D eigenvalue weighted by atomic mass is 14.8. The molecule has 0 aliphatic heterocycles. The summed E-state index contributed by atoms with van der Waals surface area (Å²) in [6.07, 6.45) is 5.41. The summed E-state index contributed by atoms with van der Waals surface area (Å²) in [7, 11) is 0. The molecular weight excluding hydrogens is 186 g/mol. The van der Waals surface area contributed by atoms with Gasteiger partial charge >= 0.3 is 0 Å². The van der Waals surface area contributed by atoms with Crippen LogP contribution in [0, 0.1) is 11.3 Å². The van der Waals surface area contributed by atoms with Crippen LogP contribution in [0.2, 0.25) is 0 Å². The van der Waals surface area contributed by atoms with Crippen molar-refractivity contribution < 1.29 is 0 Å². The van der Waals surface area contributed by atoms with E-state index in [-0.39, 0.29) is 0 Å². The largest absolute Gasteiger partial charge is 0.313 e. The predicted octanol–water partition coefficient (Wildman–Crippen LogP) is 2.23. The monoisotopic (exact) mass is 203 g/mol. The highest BCUT2D eigenvalue weighted by Crippen LogP contribution is 2.00. The molecule has 0 bridgehead atoms. The van der Waals surface area contributed by atoms with E-state index in [9.17, 15) is 0 Å². The van der Waals surface area contributed by atoms with Crippen LogP contribution in [0.4, 0.5) is 0 Å². The van der Waals surface area contributed by atoms with Crippen molar-refractivity contribution in [2.24, 2.45) is 0 Å². The Morgan fingerprint density at radius 2 is 2.33 bits per heavy atom. The number of rotatable bonds is 6. The Bertz CT molecular complexity index is 328. The minimum Gasteiger partial charge on any atom is -0.313 e. The van der Waals surface area contributed by atoms with Gasteiger partial charge in [0.25, 0.3) is 0 Å². The van der Waals surface area contributed by atoms with Crippen molar-refractivity contribution >= 4 is 0 Å². The zero-order valence-electron chi connectivity index (χ0n) is 9.16. The third kappa shape index (κ3) is 4.57. The first-order valence-electron chi connectivity index (χ1n) is 5.42. The fourth-order valence-electron chi connectivity index (χ4n) is 1.38. The van der Waals surface area contributed by atoms with Crippen molar-refractivity contribution in [3.63, 3.8) is 0 Å². The summed E-state index contributed by atoms with van der Waals surface area (Å²) in [6, 6.07) is 5.80. The fourth-order valence-corrected chi connectivity index (χ4v) is 1.38. The minimum atomic E-state index is 0.489. The topological polar surface area (TPSA) is 48.7 Å². The van der Waals surface area contributed by atoms with Gasteiger partial charge in [-0.1, -0.05) is 19.8 Å². The van der Waals surface area contributed by atoms with Gasteiger partial charge in [-0.15, -0.1) is 0 Å². The van der Waals surface area contributed by atoms with Gasteiger partial charge in [-0.2, -0.15) is 5.26 Å². The molecule has 1 aromatic rings. The average Bonchev–Trinajstić information content (AvgIpc) is 2.29. The molecule has 0 spiro atoms. The van der Waals surface area contributed by atoms with E-state index in [4.69, 9.17) is 5.26 Å². The number of aromatic nitrogens is 1. The van der Waals surface area contributed by atoms with Gasteiger partial charge in [0, 0.05) is 12.7 Å². The van der Waals surface area contributed by atoms with Gasteiger partial charge in [-0.3, -0.25) is 0 Å². The maximum absolute atomic E-state index is 8.67. The van der Waals surface area contributed by atoms with E-state index in [1.54, 1.807) is 6.20 Å². The maximum Gasteiger partial charge on any atom is 0.140 e. The van der Waals surface area contributed by atoms with Crippen LogP contribution in [0.3, 0.4) is 0 Å². The Morgan fingerprint density at radius 3 is 3.07 bits per heavy atom. The molecular formula is C12H17N3. The molecule has 0 radical (unpaired) electrons. The molecule has 0 aliphatic carbocycles. The molecule has 1 N–H and O–H groups in total. The van der Waals surface area contributed by atoms with Gasteiger partial charge in [0.05, 0.1) is 0 Å². The van der Waals surface area contributed by atoms with Gasteiger partial charge < -0.3 is 5.32 Å². The third-order valence-electron chi connectivity index (χ3n) is 2.23. The van der Waals surface area contributed by atoms with Crippen molar-refractivity contribution in [1.29, 1.82) is 5.26 Å². The number of pyridine rings is 1. The molecule has 80 valence electrons. The van der Waals surface area contributed by atoms with Gasteiger partial charge in [0.1, 0.15) is 11.8 Å². The highest BCUT2D eigenvalue weighted by Gasteiger charge is 1.95. The summed E-state index contributed by atoms with van der Waals surface area (Å²) in [6.45, 7) is 4.06. The number of nitrogens with zero attached hydrogens (tertiary/aromatic N) is 2. The van der Waals surface area contributed by atoms with Crippen LogP contribution < -0.4 is 5.32 Å². The first-order chi connectivity index (χ1) is 7.36. The van der Waals surface area contributed by atoms with Crippen LogP contribution in [-0.2, 0) is 6.54 Å². The summed E-state index contributed by atoms with van der Waals surface area (Å²) in [5.41, 5.74) is 1.61. The standard InChI is InChI=1S/C12H17N3/c1-2-3-4-6-14-10-11-5-7-15-12(8-11)9-13/h5,7-8,14H,2-4,6,10H2,1H3. The summed E-state index contributed by atoms with van der Waals surface area (Å²) in [4.78, 5) is 3.93. The summed E-state index contributed by atoms with van der Waals surface area (Å²) in [5, 5.41) is 12.0. The van der Waals surface area contributed by atoms with Crippen molar-refractivity contribution in [2.75, 3.05) is 6.54 Å². The summed E-state index contributed by atoms with van der Waals surface area (Å²) >= 11 is 0. The lowest BCUT2D eigenvalue weighted by molar-refractivity contribution is 0.616. The van der Waals surface area contributed by atoms with E-state index in [0.717, 1.165) is 18.7 Å². The van der Waals surface area contributed by atoms with Crippen molar-refractivity contribution in [3.8, 4) is 6.07 Å². The molecule has 0 atom stereocenters. The lowest BCUT2D eigenvalue weighted by Crippen LogP contribution is -2.14. The van der Waals surface area contributed by atoms with E-state index in [0.29, 0.717) is 5.69 Å². The quantitative estimate of drug-likeness (QED) is 0.721. The predicted molar refractivity (Wildman–Crippen MR) is 60.2 cm³/mol. The molecule has 0 unspecified atom stereocenters. The third-order valence-corrected chi connectivity index (χ3v) is 2.23. The second-order valence-corrected chi connectivity index (χ2v) is 3.55. The van der Waals surface area contributed by atoms with E-state index in [1.165, 1.54) is 19.3 Å². The number of hydrogen-bond acceptors (Lipinski definition) is 3. The average molecular weight is 203 g/mol. The SMILES string of the molecule is CCCCCNCc1ccnc(C#N)c1. The van der Waals surface area contributed by atoms with Crippen LogP contribution in [0.15, 0.2) is 18.3 Å². The van der Waals surface area contributed by atoms with E-state index in [1.807, 2.05) is 18.2 Å². The fraction of sp³-hybridized carbons (Fsp3) is 0.500. The number of hydrogen-bond donors (Lipinski definition) is 1. The van der Waals surface area contributed by atoms with Crippen molar-refractivity contribution in [1.82, 2.24) is 10.3 Å². The summed E-state index contributed by atoms with van der Waals surface area (Å²) < 4.78 is 0. The molecule has 0 saturated carbocycles. The van der Waals surface area contributed by atoms with Crippen LogP contribution in [0.5, 0.6) is 0 Å². The van der Waals surface area contributed by atoms with Crippen LogP contribution in [-0.4, -0.2) is 11.5 Å². The molecule has 0 saturated heterocycles. The number of nitriles is 1. The Hall–Kier alpha value is -1.40. The van der Waals surface area contributed by atoms with Gasteiger partial charge in [-0.25, -0.2) is 4.98 Å². The van der Waals surface area contributed by atoms with E-state index >= 15 is 0 Å². The molecule has 15 heavy (non-hydrogen) atoms. The molecule has 3 heteroatoms. The van der Waals surface area contributed by atoms with Gasteiger partial charge in [-0.05, 0) is 30.7 Å². The first-order valence-corrected chi connectivity index (χ1v) is 5.42. The number of nitrogens with one attached hydrogen (secondary N) is 1. The first kappa shape index (κ1) is 11.7. The molecule has 1 heterocycles. The molecule has 1 aromatic heterocycles. The highest BCUT2D eigenvalue weighted by molar-refractivity contribution is 5.25. The molecule has 0 aliphatic rings. The van der Waals surface area contributed by atoms with Gasteiger partial charge in [0.15, 0.2) is 0 Å². The van der Waals surface area contributed by atoms with Crippen molar-refractivity contribution in [3.05, 3.63) is 29.6 Å².